The number of imidazole rings is 1. The Hall–Kier alpha value is -3.05. The Morgan fingerprint density at radius 2 is 1.82 bits per heavy atom. The topological polar surface area (TPSA) is 120 Å². The largest absolute Gasteiger partial charge is 0.352 e. The zero-order valence-electron chi connectivity index (χ0n) is 20.1. The van der Waals surface area contributed by atoms with Crippen LogP contribution in [-0.2, 0) is 4.79 Å². The third kappa shape index (κ3) is 7.49. The number of likely N-dealkylation sites (N-methyl/N-ethyl adjacent to an activating group) is 1. The van der Waals surface area contributed by atoms with Crippen molar-refractivity contribution in [2.45, 2.75) is 39.1 Å². The van der Waals surface area contributed by atoms with Crippen molar-refractivity contribution in [2.24, 2.45) is 0 Å². The average Bonchev–Trinajstić information content (AvgIpc) is 3.29. The van der Waals surface area contributed by atoms with Crippen LogP contribution in [0.3, 0.4) is 0 Å². The third-order valence-electron chi connectivity index (χ3n) is 4.68. The summed E-state index contributed by atoms with van der Waals surface area (Å²) < 4.78 is 1.87. The van der Waals surface area contributed by atoms with Gasteiger partial charge in [-0.15, -0.1) is 0 Å². The molecule has 0 spiro atoms. The number of carbonyl (C=O) groups is 1. The molecule has 3 rings (SSSR count). The van der Waals surface area contributed by atoms with Gasteiger partial charge in [-0.1, -0.05) is 31.9 Å². The van der Waals surface area contributed by atoms with Crippen LogP contribution in [0, 0.1) is 0 Å². The predicted octanol–water partition coefficient (Wildman–Crippen LogP) is 3.07. The second-order valence-corrected chi connectivity index (χ2v) is 8.33. The van der Waals surface area contributed by atoms with Crippen molar-refractivity contribution in [1.29, 1.82) is 0 Å². The molecule has 0 saturated carbocycles. The normalized spacial score (nSPS) is 12.0. The molecule has 1 unspecified atom stereocenters. The van der Waals surface area contributed by atoms with Crippen LogP contribution in [-0.4, -0.2) is 67.6 Å². The number of aromatic nitrogens is 4. The highest BCUT2D eigenvalue weighted by atomic mass is 35.5. The minimum Gasteiger partial charge on any atom is -0.352 e. The molecule has 0 radical (unpaired) electrons. The number of rotatable bonds is 9. The number of aliphatic hydroxyl groups is 2. The summed E-state index contributed by atoms with van der Waals surface area (Å²) in [5, 5.41) is 23.9. The number of amides is 1. The highest BCUT2D eigenvalue weighted by Crippen LogP contribution is 2.20. The van der Waals surface area contributed by atoms with Gasteiger partial charge in [-0.3, -0.25) is 14.6 Å². The lowest BCUT2D eigenvalue weighted by Gasteiger charge is -2.32. The number of hydrogen-bond acceptors (Lipinski definition) is 8. The molecule has 184 valence electrons. The summed E-state index contributed by atoms with van der Waals surface area (Å²) in [5.41, 5.74) is 1.68. The number of hydrogen-bond donors (Lipinski definition) is 3. The summed E-state index contributed by atoms with van der Waals surface area (Å²) in [6.45, 7) is 5.77. The van der Waals surface area contributed by atoms with Gasteiger partial charge in [0.1, 0.15) is 5.82 Å². The van der Waals surface area contributed by atoms with E-state index in [0.717, 1.165) is 16.3 Å². The lowest BCUT2D eigenvalue weighted by atomic mass is 10.2. The quantitative estimate of drug-likeness (QED) is 0.310. The monoisotopic (exact) mass is 489 g/mol. The molecule has 0 aliphatic rings. The van der Waals surface area contributed by atoms with Crippen LogP contribution in [0.15, 0.2) is 49.1 Å². The van der Waals surface area contributed by atoms with E-state index >= 15 is 0 Å². The van der Waals surface area contributed by atoms with Crippen LogP contribution in [0.2, 0.25) is 5.02 Å². The Balaban J connectivity index is 0.00000129. The lowest BCUT2D eigenvalue weighted by Crippen LogP contribution is -2.52. The number of anilines is 2. The molecule has 0 saturated heterocycles. The molecule has 1 aromatic carbocycles. The Bertz CT molecular complexity index is 1040. The van der Waals surface area contributed by atoms with Gasteiger partial charge in [0.2, 0.25) is 18.3 Å². The predicted molar refractivity (Wildman–Crippen MR) is 133 cm³/mol. The van der Waals surface area contributed by atoms with E-state index in [1.807, 2.05) is 29.8 Å². The summed E-state index contributed by atoms with van der Waals surface area (Å²) in [5.74, 6) is -1.72. The summed E-state index contributed by atoms with van der Waals surface area (Å²) in [6.07, 6.45) is 6.79. The molecule has 10 nitrogen and oxygen atoms in total. The van der Waals surface area contributed by atoms with E-state index in [9.17, 15) is 15.0 Å². The average molecular weight is 490 g/mol. The molecular weight excluding hydrogens is 458 g/mol. The van der Waals surface area contributed by atoms with E-state index in [1.54, 1.807) is 18.5 Å². The van der Waals surface area contributed by atoms with Crippen LogP contribution >= 0.6 is 11.6 Å². The van der Waals surface area contributed by atoms with E-state index in [1.165, 1.54) is 37.7 Å². The molecule has 0 fully saturated rings. The van der Waals surface area contributed by atoms with E-state index in [4.69, 9.17) is 11.6 Å². The molecule has 0 aliphatic carbocycles. The van der Waals surface area contributed by atoms with Gasteiger partial charge < -0.3 is 20.1 Å². The van der Waals surface area contributed by atoms with Crippen molar-refractivity contribution in [1.82, 2.24) is 24.4 Å². The van der Waals surface area contributed by atoms with Crippen molar-refractivity contribution in [2.75, 3.05) is 30.9 Å². The zero-order chi connectivity index (χ0) is 25.3. The van der Waals surface area contributed by atoms with Gasteiger partial charge in [0.05, 0.1) is 24.6 Å². The Kier molecular flexibility index (Phi) is 9.94. The fraction of sp³-hybridized carbons (Fsp3) is 0.391. The van der Waals surface area contributed by atoms with Gasteiger partial charge in [0, 0.05) is 23.1 Å². The summed E-state index contributed by atoms with van der Waals surface area (Å²) in [7, 11) is 2.97. The molecule has 11 heteroatoms. The highest BCUT2D eigenvalue weighted by Gasteiger charge is 2.30. The van der Waals surface area contributed by atoms with Crippen LogP contribution in [0.1, 0.15) is 38.9 Å². The minimum absolute atomic E-state index is 0.223. The van der Waals surface area contributed by atoms with E-state index < -0.39 is 5.91 Å². The van der Waals surface area contributed by atoms with Gasteiger partial charge in [-0.25, -0.2) is 9.97 Å². The fourth-order valence-electron chi connectivity index (χ4n) is 2.70. The molecule has 2 aromatic heterocycles. The Labute approximate surface area is 204 Å². The maximum absolute atomic E-state index is 11.5. The van der Waals surface area contributed by atoms with Crippen molar-refractivity contribution in [3.05, 3.63) is 59.8 Å². The van der Waals surface area contributed by atoms with Gasteiger partial charge in [0.15, 0.2) is 0 Å². The molecule has 1 atom stereocenters. The lowest BCUT2D eigenvalue weighted by molar-refractivity contribution is -0.240. The second-order valence-electron chi connectivity index (χ2n) is 7.90. The van der Waals surface area contributed by atoms with Crippen LogP contribution < -0.4 is 10.2 Å². The van der Waals surface area contributed by atoms with Gasteiger partial charge in [0.25, 0.3) is 0 Å². The van der Waals surface area contributed by atoms with Crippen molar-refractivity contribution in [3.63, 3.8) is 0 Å². The molecule has 3 N–H and O–H groups in total. The summed E-state index contributed by atoms with van der Waals surface area (Å²) in [6, 6.07) is 8.67. The number of nitrogens with zero attached hydrogens (tertiary/aromatic N) is 6. The van der Waals surface area contributed by atoms with Crippen LogP contribution in [0.4, 0.5) is 11.8 Å². The fourth-order valence-corrected chi connectivity index (χ4v) is 2.83. The second kappa shape index (κ2) is 12.4. The minimum atomic E-state index is -2.21. The number of carbonyl (C=O) groups excluding carboxylic acids is 1. The first-order valence-electron chi connectivity index (χ1n) is 10.8. The molecule has 2 heterocycles. The van der Waals surface area contributed by atoms with Gasteiger partial charge >= 0.3 is 0 Å². The standard InChI is InChI=1S/C20H24ClN7O3.C3H8/c1-14(17-10-27(12-23-17)16-6-4-15(21)5-7-16)24-19-22-9-8-18(25-19)28(13-29)11-20(30,31)26(2)3;1-3-2/h4-10,12-14,30-31H,11H2,1-3H3,(H,22,24,25);3H2,1-2H3. The Morgan fingerprint density at radius 3 is 2.41 bits per heavy atom. The molecule has 3 aromatic rings. The molecule has 0 bridgehead atoms. The number of benzene rings is 1. The Morgan fingerprint density at radius 1 is 1.18 bits per heavy atom. The maximum Gasteiger partial charge on any atom is 0.243 e. The first-order valence-corrected chi connectivity index (χ1v) is 11.2. The van der Waals surface area contributed by atoms with E-state index in [-0.39, 0.29) is 24.4 Å². The molecular formula is C23H32ClN7O3. The summed E-state index contributed by atoms with van der Waals surface area (Å²) in [4.78, 5) is 26.7. The number of halogens is 1. The van der Waals surface area contributed by atoms with Crippen LogP contribution in [0.5, 0.6) is 0 Å². The van der Waals surface area contributed by atoms with Crippen molar-refractivity contribution >= 4 is 29.8 Å². The van der Waals surface area contributed by atoms with Gasteiger partial charge in [-0.05, 0) is 51.4 Å². The van der Waals surface area contributed by atoms with Crippen LogP contribution in [0.25, 0.3) is 5.69 Å². The van der Waals surface area contributed by atoms with Gasteiger partial charge in [-0.2, -0.15) is 4.98 Å². The van der Waals surface area contributed by atoms with E-state index in [0.29, 0.717) is 11.4 Å². The number of nitrogens with one attached hydrogen (secondary N) is 1. The highest BCUT2D eigenvalue weighted by molar-refractivity contribution is 6.30. The zero-order valence-corrected chi connectivity index (χ0v) is 20.8. The SMILES string of the molecule is CC(Nc1nccc(N(C=O)CC(O)(O)N(C)C)n1)c1cn(-c2ccc(Cl)cc2)cn1.CCC. The third-order valence-corrected chi connectivity index (χ3v) is 4.93. The molecule has 0 aliphatic heterocycles. The molecule has 34 heavy (non-hydrogen) atoms. The maximum atomic E-state index is 11.5. The first kappa shape index (κ1) is 27.2. The first-order chi connectivity index (χ1) is 16.1. The molecule has 1 amide bonds. The smallest absolute Gasteiger partial charge is 0.243 e. The van der Waals surface area contributed by atoms with E-state index in [2.05, 4.69) is 34.1 Å². The van der Waals surface area contributed by atoms with Crippen molar-refractivity contribution < 1.29 is 15.0 Å². The summed E-state index contributed by atoms with van der Waals surface area (Å²) >= 11 is 5.94. The van der Waals surface area contributed by atoms with Crippen molar-refractivity contribution in [3.8, 4) is 5.69 Å².